The van der Waals surface area contributed by atoms with E-state index in [1.165, 1.54) is 5.56 Å². The summed E-state index contributed by atoms with van der Waals surface area (Å²) in [7, 11) is 0. The summed E-state index contributed by atoms with van der Waals surface area (Å²) in [5.74, 6) is -0.337. The number of benzene rings is 1. The molecule has 0 radical (unpaired) electrons. The van der Waals surface area contributed by atoms with Crippen molar-refractivity contribution >= 4 is 11.7 Å². The van der Waals surface area contributed by atoms with Gasteiger partial charge in [-0.05, 0) is 25.0 Å². The average Bonchev–Trinajstić information content (AvgIpc) is 2.79. The van der Waals surface area contributed by atoms with E-state index in [9.17, 15) is 4.79 Å². The molecule has 1 aromatic carbocycles. The molecule has 4 nitrogen and oxygen atoms in total. The molecule has 0 saturated carbocycles. The van der Waals surface area contributed by atoms with Crippen LogP contribution in [0.25, 0.3) is 0 Å². The first kappa shape index (κ1) is 14.2. The predicted molar refractivity (Wildman–Crippen MR) is 79.4 cm³/mol. The van der Waals surface area contributed by atoms with E-state index in [1.807, 2.05) is 35.8 Å². The van der Waals surface area contributed by atoms with Crippen LogP contribution in [0, 0.1) is 6.92 Å². The lowest BCUT2D eigenvalue weighted by Crippen LogP contribution is -2.11. The molecule has 0 atom stereocenters. The van der Waals surface area contributed by atoms with Crippen LogP contribution in [0.2, 0.25) is 0 Å². The Morgan fingerprint density at radius 3 is 2.65 bits per heavy atom. The first-order valence-corrected chi connectivity index (χ1v) is 6.78. The molecule has 4 heteroatoms. The van der Waals surface area contributed by atoms with Crippen molar-refractivity contribution in [2.45, 2.75) is 33.4 Å². The van der Waals surface area contributed by atoms with Crippen LogP contribution >= 0.6 is 0 Å². The fraction of sp³-hybridized carbons (Fsp3) is 0.312. The van der Waals surface area contributed by atoms with Crippen molar-refractivity contribution in [1.29, 1.82) is 0 Å². The molecule has 2 aromatic rings. The van der Waals surface area contributed by atoms with Crippen molar-refractivity contribution in [3.8, 4) is 0 Å². The van der Waals surface area contributed by atoms with Crippen molar-refractivity contribution in [2.75, 3.05) is 5.73 Å². The first-order chi connectivity index (χ1) is 9.60. The minimum absolute atomic E-state index is 0.274. The van der Waals surface area contributed by atoms with Gasteiger partial charge in [0.15, 0.2) is 0 Å². The molecular weight excluding hydrogens is 252 g/mol. The summed E-state index contributed by atoms with van der Waals surface area (Å²) in [4.78, 5) is 12.1. The van der Waals surface area contributed by atoms with Crippen LogP contribution in [-0.2, 0) is 17.9 Å². The Kier molecular flexibility index (Phi) is 4.45. The van der Waals surface area contributed by atoms with Crippen molar-refractivity contribution in [3.63, 3.8) is 0 Å². The van der Waals surface area contributed by atoms with E-state index >= 15 is 0 Å². The zero-order chi connectivity index (χ0) is 14.5. The summed E-state index contributed by atoms with van der Waals surface area (Å²) in [6, 6.07) is 9.58. The Morgan fingerprint density at radius 2 is 2.00 bits per heavy atom. The number of anilines is 1. The molecular formula is C16H20N2O2. The minimum Gasteiger partial charge on any atom is -0.456 e. The average molecular weight is 272 g/mol. The number of esters is 1. The van der Waals surface area contributed by atoms with Gasteiger partial charge in [0, 0.05) is 12.7 Å². The second-order valence-corrected chi connectivity index (χ2v) is 4.91. The van der Waals surface area contributed by atoms with Crippen LogP contribution in [0.3, 0.4) is 0 Å². The second kappa shape index (κ2) is 6.28. The number of nitrogen functional groups attached to an aromatic ring is 1. The molecule has 0 bridgehead atoms. The van der Waals surface area contributed by atoms with Crippen LogP contribution in [-0.4, -0.2) is 10.5 Å². The third kappa shape index (κ3) is 3.41. The fourth-order valence-electron chi connectivity index (χ4n) is 2.04. The SMILES string of the molecule is CCCn1cc(N)cc1C(=O)OCc1ccc(C)cc1. The molecule has 1 aromatic heterocycles. The van der Waals surface area contributed by atoms with Gasteiger partial charge in [0.05, 0.1) is 5.69 Å². The Labute approximate surface area is 119 Å². The number of carbonyl (C=O) groups excluding carboxylic acids is 1. The minimum atomic E-state index is -0.337. The summed E-state index contributed by atoms with van der Waals surface area (Å²) in [5.41, 5.74) is 9.00. The van der Waals surface area contributed by atoms with E-state index in [4.69, 9.17) is 10.5 Å². The number of hydrogen-bond donors (Lipinski definition) is 1. The highest BCUT2D eigenvalue weighted by molar-refractivity contribution is 5.89. The Balaban J connectivity index is 2.03. The molecule has 0 saturated heterocycles. The van der Waals surface area contributed by atoms with E-state index in [2.05, 4.69) is 6.92 Å². The monoisotopic (exact) mass is 272 g/mol. The molecule has 0 aliphatic heterocycles. The summed E-state index contributed by atoms with van der Waals surface area (Å²) >= 11 is 0. The van der Waals surface area contributed by atoms with Gasteiger partial charge in [-0.15, -0.1) is 0 Å². The van der Waals surface area contributed by atoms with Crippen molar-refractivity contribution < 1.29 is 9.53 Å². The molecule has 0 spiro atoms. The summed E-state index contributed by atoms with van der Waals surface area (Å²) < 4.78 is 7.18. The number of rotatable bonds is 5. The Morgan fingerprint density at radius 1 is 1.30 bits per heavy atom. The van der Waals surface area contributed by atoms with Crippen LogP contribution < -0.4 is 5.73 Å². The van der Waals surface area contributed by atoms with Crippen LogP contribution in [0.5, 0.6) is 0 Å². The highest BCUT2D eigenvalue weighted by Gasteiger charge is 2.14. The fourth-order valence-corrected chi connectivity index (χ4v) is 2.04. The molecule has 0 aliphatic carbocycles. The number of aryl methyl sites for hydroxylation is 2. The maximum Gasteiger partial charge on any atom is 0.355 e. The maximum absolute atomic E-state index is 12.1. The standard InChI is InChI=1S/C16H20N2O2/c1-3-8-18-10-14(17)9-15(18)16(19)20-11-13-6-4-12(2)5-7-13/h4-7,9-10H,3,8,11,17H2,1-2H3. The second-order valence-electron chi connectivity index (χ2n) is 4.91. The van der Waals surface area contributed by atoms with Crippen molar-refractivity contribution in [1.82, 2.24) is 4.57 Å². The molecule has 0 amide bonds. The van der Waals surface area contributed by atoms with Crippen LogP contribution in [0.15, 0.2) is 36.5 Å². The molecule has 0 fully saturated rings. The highest BCUT2D eigenvalue weighted by atomic mass is 16.5. The van der Waals surface area contributed by atoms with Crippen molar-refractivity contribution in [2.24, 2.45) is 0 Å². The smallest absolute Gasteiger partial charge is 0.355 e. The topological polar surface area (TPSA) is 57.2 Å². The van der Waals surface area contributed by atoms with Crippen LogP contribution in [0.1, 0.15) is 35.0 Å². The molecule has 106 valence electrons. The maximum atomic E-state index is 12.1. The van der Waals surface area contributed by atoms with Gasteiger partial charge in [0.25, 0.3) is 0 Å². The van der Waals surface area contributed by atoms with Gasteiger partial charge in [-0.3, -0.25) is 0 Å². The van der Waals surface area contributed by atoms with Gasteiger partial charge in [-0.25, -0.2) is 4.79 Å². The van der Waals surface area contributed by atoms with Gasteiger partial charge in [0.2, 0.25) is 0 Å². The van der Waals surface area contributed by atoms with E-state index < -0.39 is 0 Å². The molecule has 20 heavy (non-hydrogen) atoms. The zero-order valence-corrected chi connectivity index (χ0v) is 11.9. The number of ether oxygens (including phenoxy) is 1. The number of hydrogen-bond acceptors (Lipinski definition) is 3. The molecule has 2 rings (SSSR count). The molecule has 1 heterocycles. The third-order valence-corrected chi connectivity index (χ3v) is 3.08. The van der Waals surface area contributed by atoms with E-state index in [1.54, 1.807) is 12.3 Å². The van der Waals surface area contributed by atoms with Gasteiger partial charge < -0.3 is 15.0 Å². The third-order valence-electron chi connectivity index (χ3n) is 3.08. The van der Waals surface area contributed by atoms with Gasteiger partial charge >= 0.3 is 5.97 Å². The van der Waals surface area contributed by atoms with Crippen LogP contribution in [0.4, 0.5) is 5.69 Å². The quantitative estimate of drug-likeness (QED) is 0.851. The summed E-state index contributed by atoms with van der Waals surface area (Å²) in [6.45, 7) is 5.11. The molecule has 2 N–H and O–H groups in total. The number of nitrogens with zero attached hydrogens (tertiary/aromatic N) is 1. The predicted octanol–water partition coefficient (Wildman–Crippen LogP) is 3.15. The van der Waals surface area contributed by atoms with Gasteiger partial charge in [-0.2, -0.15) is 0 Å². The Bertz CT molecular complexity index is 585. The van der Waals surface area contributed by atoms with E-state index in [0.717, 1.165) is 18.5 Å². The summed E-state index contributed by atoms with van der Waals surface area (Å²) in [6.07, 6.45) is 2.71. The summed E-state index contributed by atoms with van der Waals surface area (Å²) in [5, 5.41) is 0. The number of aromatic nitrogens is 1. The van der Waals surface area contributed by atoms with Crippen molar-refractivity contribution in [3.05, 3.63) is 53.3 Å². The normalized spacial score (nSPS) is 10.5. The lowest BCUT2D eigenvalue weighted by molar-refractivity contribution is 0.0460. The van der Waals surface area contributed by atoms with E-state index in [0.29, 0.717) is 11.4 Å². The number of carbonyl (C=O) groups is 1. The lowest BCUT2D eigenvalue weighted by atomic mass is 10.2. The largest absolute Gasteiger partial charge is 0.456 e. The molecule has 0 aliphatic rings. The Hall–Kier alpha value is -2.23. The zero-order valence-electron chi connectivity index (χ0n) is 11.9. The molecule has 0 unspecified atom stereocenters. The van der Waals surface area contributed by atoms with E-state index in [-0.39, 0.29) is 12.6 Å². The first-order valence-electron chi connectivity index (χ1n) is 6.78. The van der Waals surface area contributed by atoms with Gasteiger partial charge in [-0.1, -0.05) is 36.8 Å². The number of nitrogens with two attached hydrogens (primary N) is 1. The lowest BCUT2D eigenvalue weighted by Gasteiger charge is -2.08. The highest BCUT2D eigenvalue weighted by Crippen LogP contribution is 2.14. The van der Waals surface area contributed by atoms with Gasteiger partial charge in [0.1, 0.15) is 12.3 Å².